The minimum Gasteiger partial charge on any atom is -0.491 e. The number of aromatic nitrogens is 2. The van der Waals surface area contributed by atoms with E-state index < -0.39 is 5.91 Å². The highest BCUT2D eigenvalue weighted by atomic mass is 35.5. The van der Waals surface area contributed by atoms with Crippen molar-refractivity contribution in [1.82, 2.24) is 10.2 Å². The molecule has 106 valence electrons. The summed E-state index contributed by atoms with van der Waals surface area (Å²) in [6.45, 7) is 2.55. The molecule has 20 heavy (non-hydrogen) atoms. The van der Waals surface area contributed by atoms with Crippen molar-refractivity contribution in [3.63, 3.8) is 0 Å². The molecule has 8 heteroatoms. The maximum absolute atomic E-state index is 12.0. The zero-order chi connectivity index (χ0) is 14.5. The summed E-state index contributed by atoms with van der Waals surface area (Å²) < 4.78 is 5.76. The number of hydrogen-bond acceptors (Lipinski definition) is 5. The van der Waals surface area contributed by atoms with Crippen LogP contribution in [0.25, 0.3) is 0 Å². The number of amides is 1. The summed E-state index contributed by atoms with van der Waals surface area (Å²) in [6, 6.07) is 5.03. The van der Waals surface area contributed by atoms with Crippen LogP contribution in [0, 0.1) is 0 Å². The van der Waals surface area contributed by atoms with Crippen molar-refractivity contribution in [2.75, 3.05) is 11.9 Å². The Balaban J connectivity index is 2.18. The first-order valence-corrected chi connectivity index (χ1v) is 7.40. The van der Waals surface area contributed by atoms with Gasteiger partial charge in [0.1, 0.15) is 5.75 Å². The van der Waals surface area contributed by atoms with E-state index in [2.05, 4.69) is 15.5 Å². The summed E-state index contributed by atoms with van der Waals surface area (Å²) in [5.74, 6) is 0.151. The summed E-state index contributed by atoms with van der Waals surface area (Å²) in [5, 5.41) is 10.6. The van der Waals surface area contributed by atoms with Crippen molar-refractivity contribution in [2.24, 2.45) is 0 Å². The van der Waals surface area contributed by atoms with Gasteiger partial charge in [0.15, 0.2) is 0 Å². The van der Waals surface area contributed by atoms with Crippen LogP contribution in [0.1, 0.15) is 23.1 Å². The highest BCUT2D eigenvalue weighted by molar-refractivity contribution is 7.17. The summed E-state index contributed by atoms with van der Waals surface area (Å²) in [7, 11) is 0. The van der Waals surface area contributed by atoms with Gasteiger partial charge in [-0.25, -0.2) is 0 Å². The van der Waals surface area contributed by atoms with Crippen LogP contribution in [0.3, 0.4) is 0 Å². The van der Waals surface area contributed by atoms with E-state index in [1.54, 1.807) is 18.2 Å². The molecule has 0 saturated heterocycles. The zero-order valence-corrected chi connectivity index (χ0v) is 12.8. The molecule has 1 N–H and O–H groups in total. The van der Waals surface area contributed by atoms with Crippen molar-refractivity contribution in [3.05, 3.63) is 32.7 Å². The number of hydrogen-bond donors (Lipinski definition) is 1. The minimum atomic E-state index is -0.405. The highest BCUT2D eigenvalue weighted by Crippen LogP contribution is 2.29. The second-order valence-electron chi connectivity index (χ2n) is 3.80. The first-order chi connectivity index (χ1) is 9.60. The van der Waals surface area contributed by atoms with Gasteiger partial charge in [-0.15, -0.1) is 10.2 Å². The number of carbonyl (C=O) groups excluding carboxylic acids is 1. The van der Waals surface area contributed by atoms with Crippen molar-refractivity contribution >= 4 is 46.1 Å². The van der Waals surface area contributed by atoms with Crippen molar-refractivity contribution in [2.45, 2.75) is 13.3 Å². The second-order valence-corrected chi connectivity index (χ2v) is 5.80. The third kappa shape index (κ3) is 3.82. The average Bonchev–Trinajstić information content (AvgIpc) is 2.85. The van der Waals surface area contributed by atoms with Crippen LogP contribution in [-0.2, 0) is 0 Å². The lowest BCUT2D eigenvalue weighted by Crippen LogP contribution is -2.13. The minimum absolute atomic E-state index is 0.177. The third-order valence-electron chi connectivity index (χ3n) is 2.25. The number of anilines is 1. The number of benzene rings is 1. The number of halogens is 2. The lowest BCUT2D eigenvalue weighted by Gasteiger charge is -2.11. The predicted octanol–water partition coefficient (Wildman–Crippen LogP) is 3.89. The predicted molar refractivity (Wildman–Crippen MR) is 80.1 cm³/mol. The van der Waals surface area contributed by atoms with E-state index >= 15 is 0 Å². The highest BCUT2D eigenvalue weighted by Gasteiger charge is 2.15. The van der Waals surface area contributed by atoms with Crippen LogP contribution in [0.15, 0.2) is 18.2 Å². The molecular weight excluding hydrogens is 321 g/mol. The fourth-order valence-electron chi connectivity index (χ4n) is 1.41. The third-order valence-corrected chi connectivity index (χ3v) is 3.50. The topological polar surface area (TPSA) is 64.1 Å². The molecule has 2 aromatic rings. The molecule has 0 aliphatic rings. The Hall–Kier alpha value is -1.37. The molecule has 2 rings (SSSR count). The Morgan fingerprint density at radius 2 is 2.20 bits per heavy atom. The lowest BCUT2D eigenvalue weighted by atomic mass is 10.3. The van der Waals surface area contributed by atoms with Gasteiger partial charge in [0.25, 0.3) is 5.91 Å². The van der Waals surface area contributed by atoms with Gasteiger partial charge in [-0.2, -0.15) is 0 Å². The monoisotopic (exact) mass is 331 g/mol. The summed E-state index contributed by atoms with van der Waals surface area (Å²) in [4.78, 5) is 12.0. The summed E-state index contributed by atoms with van der Waals surface area (Å²) in [6.07, 6.45) is 0.863. The molecule has 1 heterocycles. The van der Waals surface area contributed by atoms with Crippen LogP contribution in [0.4, 0.5) is 5.69 Å². The van der Waals surface area contributed by atoms with E-state index in [-0.39, 0.29) is 9.47 Å². The normalized spacial score (nSPS) is 10.3. The van der Waals surface area contributed by atoms with Crippen molar-refractivity contribution in [3.8, 4) is 5.75 Å². The molecule has 0 spiro atoms. The van der Waals surface area contributed by atoms with E-state index in [9.17, 15) is 4.79 Å². The number of nitrogens with one attached hydrogen (secondary N) is 1. The molecule has 5 nitrogen and oxygen atoms in total. The maximum Gasteiger partial charge on any atom is 0.286 e. The van der Waals surface area contributed by atoms with Gasteiger partial charge in [-0.3, -0.25) is 4.79 Å². The number of ether oxygens (including phenoxy) is 1. The van der Waals surface area contributed by atoms with E-state index in [0.717, 1.165) is 17.8 Å². The van der Waals surface area contributed by atoms with Crippen LogP contribution in [-0.4, -0.2) is 22.7 Å². The molecule has 1 aromatic carbocycles. The number of nitrogens with zero attached hydrogens (tertiary/aromatic N) is 2. The van der Waals surface area contributed by atoms with Crippen LogP contribution in [0.2, 0.25) is 9.49 Å². The van der Waals surface area contributed by atoms with E-state index in [1.807, 2.05) is 6.92 Å². The number of rotatable bonds is 5. The van der Waals surface area contributed by atoms with E-state index in [0.29, 0.717) is 23.1 Å². The smallest absolute Gasteiger partial charge is 0.286 e. The van der Waals surface area contributed by atoms with Gasteiger partial charge in [-0.1, -0.05) is 29.9 Å². The van der Waals surface area contributed by atoms with Gasteiger partial charge in [0.05, 0.1) is 12.3 Å². The average molecular weight is 332 g/mol. The molecule has 0 aliphatic heterocycles. The van der Waals surface area contributed by atoms with Gasteiger partial charge < -0.3 is 10.1 Å². The molecule has 1 aromatic heterocycles. The van der Waals surface area contributed by atoms with Crippen LogP contribution < -0.4 is 10.1 Å². The first kappa shape index (κ1) is 15.0. The Morgan fingerprint density at radius 1 is 1.40 bits per heavy atom. The molecule has 0 atom stereocenters. The first-order valence-electron chi connectivity index (χ1n) is 5.83. The SMILES string of the molecule is CCCOc1ccc(Cl)cc1NC(=O)c1nnc(Cl)s1. The molecule has 0 bridgehead atoms. The molecule has 0 radical (unpaired) electrons. The zero-order valence-electron chi connectivity index (χ0n) is 10.5. The fraction of sp³-hybridized carbons (Fsp3) is 0.250. The van der Waals surface area contributed by atoms with Gasteiger partial charge in [-0.05, 0) is 36.2 Å². The van der Waals surface area contributed by atoms with E-state index in [4.69, 9.17) is 27.9 Å². The van der Waals surface area contributed by atoms with Crippen LogP contribution in [0.5, 0.6) is 5.75 Å². The Labute approximate surface area is 129 Å². The number of carbonyl (C=O) groups is 1. The van der Waals surface area contributed by atoms with Crippen molar-refractivity contribution < 1.29 is 9.53 Å². The maximum atomic E-state index is 12.0. The van der Waals surface area contributed by atoms with Gasteiger partial charge in [0.2, 0.25) is 9.47 Å². The Morgan fingerprint density at radius 3 is 2.85 bits per heavy atom. The molecule has 0 unspecified atom stereocenters. The standard InChI is InChI=1S/C12H11Cl2N3O2S/c1-2-5-19-9-4-3-7(13)6-8(9)15-10(18)11-16-17-12(14)20-11/h3-4,6H,2,5H2,1H3,(H,15,18). The molecule has 0 saturated carbocycles. The fourth-order valence-corrected chi connectivity index (χ4v) is 2.31. The van der Waals surface area contributed by atoms with Gasteiger partial charge >= 0.3 is 0 Å². The van der Waals surface area contributed by atoms with Crippen LogP contribution >= 0.6 is 34.5 Å². The summed E-state index contributed by atoms with van der Waals surface area (Å²) in [5.41, 5.74) is 0.488. The lowest BCUT2D eigenvalue weighted by molar-refractivity contribution is 0.102. The molecule has 0 aliphatic carbocycles. The van der Waals surface area contributed by atoms with E-state index in [1.165, 1.54) is 0 Å². The quantitative estimate of drug-likeness (QED) is 0.902. The second kappa shape index (κ2) is 6.88. The van der Waals surface area contributed by atoms with Crippen molar-refractivity contribution in [1.29, 1.82) is 0 Å². The molecule has 0 fully saturated rings. The Bertz CT molecular complexity index is 618. The molecule has 1 amide bonds. The Kier molecular flexibility index (Phi) is 5.17. The molecular formula is C12H11Cl2N3O2S. The van der Waals surface area contributed by atoms with Gasteiger partial charge in [0, 0.05) is 5.02 Å². The largest absolute Gasteiger partial charge is 0.491 e. The summed E-state index contributed by atoms with van der Waals surface area (Å²) >= 11 is 12.6.